The Bertz CT molecular complexity index is 935. The van der Waals surface area contributed by atoms with Gasteiger partial charge in [0, 0.05) is 11.5 Å². The molecule has 27 heavy (non-hydrogen) atoms. The molecular weight excluding hydrogens is 336 g/mol. The fraction of sp³-hybridized carbons (Fsp3) is 0.348. The fourth-order valence-electron chi connectivity index (χ4n) is 3.22. The monoisotopic (exact) mass is 362 g/mol. The maximum absolute atomic E-state index is 6.02. The molecule has 0 atom stereocenters. The first kappa shape index (κ1) is 17.8. The lowest BCUT2D eigenvalue weighted by molar-refractivity contribution is 0.302. The first-order valence-electron chi connectivity index (χ1n) is 9.72. The molecule has 3 aromatic rings. The number of ether oxygens (including phenoxy) is 2. The zero-order chi connectivity index (χ0) is 18.6. The quantitative estimate of drug-likeness (QED) is 0.611. The summed E-state index contributed by atoms with van der Waals surface area (Å²) >= 11 is 0. The van der Waals surface area contributed by atoms with E-state index in [1.807, 2.05) is 43.3 Å². The summed E-state index contributed by atoms with van der Waals surface area (Å²) in [6, 6.07) is 16.1. The molecular formula is C23H26N2O2. The van der Waals surface area contributed by atoms with Gasteiger partial charge in [-0.2, -0.15) is 0 Å². The van der Waals surface area contributed by atoms with Crippen LogP contribution in [0.3, 0.4) is 0 Å². The van der Waals surface area contributed by atoms with Crippen LogP contribution in [0.2, 0.25) is 0 Å². The smallest absolute Gasteiger partial charge is 0.219 e. The van der Waals surface area contributed by atoms with E-state index in [9.17, 15) is 0 Å². The van der Waals surface area contributed by atoms with Crippen molar-refractivity contribution in [3.63, 3.8) is 0 Å². The standard InChI is InChI=1S/C23H26N2O2/c1-16-14-20(26-13-11-17-2-3-17)6-8-22(16)27-23-9-5-19-15-18(10-12-24)4-7-21(19)25-23/h4-9,14-15,17H,2-3,10-13,24H2,1H3. The van der Waals surface area contributed by atoms with Gasteiger partial charge in [-0.1, -0.05) is 18.9 Å². The number of nitrogens with two attached hydrogens (primary N) is 1. The topological polar surface area (TPSA) is 57.4 Å². The number of fused-ring (bicyclic) bond motifs is 1. The summed E-state index contributed by atoms with van der Waals surface area (Å²) in [4.78, 5) is 4.63. The highest BCUT2D eigenvalue weighted by Crippen LogP contribution is 2.33. The van der Waals surface area contributed by atoms with Crippen LogP contribution in [0, 0.1) is 12.8 Å². The molecule has 0 unspecified atom stereocenters. The number of benzene rings is 2. The number of hydrogen-bond acceptors (Lipinski definition) is 4. The van der Waals surface area contributed by atoms with Crippen molar-refractivity contribution in [1.82, 2.24) is 4.98 Å². The van der Waals surface area contributed by atoms with Crippen LogP contribution in [-0.2, 0) is 6.42 Å². The van der Waals surface area contributed by atoms with Crippen molar-refractivity contribution < 1.29 is 9.47 Å². The Morgan fingerprint density at radius 1 is 1.07 bits per heavy atom. The van der Waals surface area contributed by atoms with E-state index in [-0.39, 0.29) is 0 Å². The summed E-state index contributed by atoms with van der Waals surface area (Å²) in [5.41, 5.74) is 8.83. The predicted molar refractivity (Wildman–Crippen MR) is 109 cm³/mol. The van der Waals surface area contributed by atoms with Crippen molar-refractivity contribution in [3.05, 3.63) is 59.7 Å². The Morgan fingerprint density at radius 2 is 1.96 bits per heavy atom. The molecule has 2 aromatic carbocycles. The molecule has 1 heterocycles. The minimum Gasteiger partial charge on any atom is -0.494 e. The molecule has 2 N–H and O–H groups in total. The highest BCUT2D eigenvalue weighted by Gasteiger charge is 2.20. The molecule has 1 fully saturated rings. The van der Waals surface area contributed by atoms with Crippen LogP contribution in [0.15, 0.2) is 48.5 Å². The van der Waals surface area contributed by atoms with E-state index < -0.39 is 0 Å². The largest absolute Gasteiger partial charge is 0.494 e. The lowest BCUT2D eigenvalue weighted by Crippen LogP contribution is -2.02. The van der Waals surface area contributed by atoms with Gasteiger partial charge in [-0.15, -0.1) is 0 Å². The van der Waals surface area contributed by atoms with Crippen molar-refractivity contribution in [3.8, 4) is 17.4 Å². The second-order valence-corrected chi connectivity index (χ2v) is 7.33. The third-order valence-electron chi connectivity index (χ3n) is 5.01. The first-order valence-corrected chi connectivity index (χ1v) is 9.72. The zero-order valence-corrected chi connectivity index (χ0v) is 15.8. The molecule has 0 bridgehead atoms. The minimum atomic E-state index is 0.597. The van der Waals surface area contributed by atoms with Crippen molar-refractivity contribution in [2.24, 2.45) is 11.7 Å². The van der Waals surface area contributed by atoms with Gasteiger partial charge in [0.15, 0.2) is 0 Å². The van der Waals surface area contributed by atoms with Gasteiger partial charge in [-0.25, -0.2) is 4.98 Å². The Hall–Kier alpha value is -2.59. The van der Waals surface area contributed by atoms with Gasteiger partial charge in [0.05, 0.1) is 12.1 Å². The van der Waals surface area contributed by atoms with E-state index in [4.69, 9.17) is 15.2 Å². The van der Waals surface area contributed by atoms with Crippen molar-refractivity contribution in [1.29, 1.82) is 0 Å². The summed E-state index contributed by atoms with van der Waals surface area (Å²) in [6.07, 6.45) is 4.76. The molecule has 0 radical (unpaired) electrons. The van der Waals surface area contributed by atoms with Gasteiger partial charge in [0.2, 0.25) is 5.88 Å². The molecule has 140 valence electrons. The molecule has 4 rings (SSSR count). The molecule has 1 aromatic heterocycles. The van der Waals surface area contributed by atoms with Crippen LogP contribution in [0.25, 0.3) is 10.9 Å². The van der Waals surface area contributed by atoms with E-state index in [1.165, 1.54) is 18.4 Å². The van der Waals surface area contributed by atoms with E-state index in [1.54, 1.807) is 0 Å². The second kappa shape index (κ2) is 7.97. The van der Waals surface area contributed by atoms with Crippen LogP contribution in [0.4, 0.5) is 0 Å². The Kier molecular flexibility index (Phi) is 5.26. The van der Waals surface area contributed by atoms with Crippen LogP contribution >= 0.6 is 0 Å². The highest BCUT2D eigenvalue weighted by atomic mass is 16.5. The van der Waals surface area contributed by atoms with Crippen LogP contribution in [0.1, 0.15) is 30.4 Å². The zero-order valence-electron chi connectivity index (χ0n) is 15.8. The van der Waals surface area contributed by atoms with E-state index >= 15 is 0 Å². The summed E-state index contributed by atoms with van der Waals surface area (Å²) in [6.45, 7) is 3.48. The SMILES string of the molecule is Cc1cc(OCCC2CC2)ccc1Oc1ccc2cc(CCN)ccc2n1. The summed E-state index contributed by atoms with van der Waals surface area (Å²) in [5, 5.41) is 1.10. The van der Waals surface area contributed by atoms with Gasteiger partial charge in [0.1, 0.15) is 11.5 Å². The molecule has 1 saturated carbocycles. The molecule has 0 saturated heterocycles. The van der Waals surface area contributed by atoms with Crippen molar-refractivity contribution >= 4 is 10.9 Å². The normalized spacial score (nSPS) is 13.7. The number of nitrogens with zero attached hydrogens (tertiary/aromatic N) is 1. The van der Waals surface area contributed by atoms with Crippen LogP contribution < -0.4 is 15.2 Å². The Labute approximate surface area is 160 Å². The fourth-order valence-corrected chi connectivity index (χ4v) is 3.22. The third-order valence-corrected chi connectivity index (χ3v) is 5.01. The maximum Gasteiger partial charge on any atom is 0.219 e. The average Bonchev–Trinajstić information content (AvgIpc) is 3.49. The highest BCUT2D eigenvalue weighted by molar-refractivity contribution is 5.79. The molecule has 0 aliphatic heterocycles. The lowest BCUT2D eigenvalue weighted by atomic mass is 10.1. The Balaban J connectivity index is 1.45. The van der Waals surface area contributed by atoms with E-state index in [2.05, 4.69) is 17.1 Å². The summed E-state index contributed by atoms with van der Waals surface area (Å²) < 4.78 is 11.9. The molecule has 0 amide bonds. The lowest BCUT2D eigenvalue weighted by Gasteiger charge is -2.11. The van der Waals surface area contributed by atoms with Crippen LogP contribution in [0.5, 0.6) is 17.4 Å². The number of pyridine rings is 1. The predicted octanol–water partition coefficient (Wildman–Crippen LogP) is 5.02. The summed E-state index contributed by atoms with van der Waals surface area (Å²) in [7, 11) is 0. The molecule has 4 heteroatoms. The molecule has 1 aliphatic rings. The minimum absolute atomic E-state index is 0.597. The number of rotatable bonds is 8. The molecule has 4 nitrogen and oxygen atoms in total. The van der Waals surface area contributed by atoms with Gasteiger partial charge in [-0.3, -0.25) is 0 Å². The first-order chi connectivity index (χ1) is 13.2. The molecule has 1 aliphatic carbocycles. The van der Waals surface area contributed by atoms with E-state index in [0.29, 0.717) is 12.4 Å². The van der Waals surface area contributed by atoms with Gasteiger partial charge < -0.3 is 15.2 Å². The molecule has 0 spiro atoms. The maximum atomic E-state index is 6.02. The van der Waals surface area contributed by atoms with Crippen molar-refractivity contribution in [2.75, 3.05) is 13.2 Å². The van der Waals surface area contributed by atoms with Gasteiger partial charge in [0.25, 0.3) is 0 Å². The van der Waals surface area contributed by atoms with Gasteiger partial charge in [-0.05, 0) is 79.8 Å². The van der Waals surface area contributed by atoms with Gasteiger partial charge >= 0.3 is 0 Å². The van der Waals surface area contributed by atoms with Crippen molar-refractivity contribution in [2.45, 2.75) is 32.6 Å². The average molecular weight is 362 g/mol. The Morgan fingerprint density at radius 3 is 2.74 bits per heavy atom. The van der Waals surface area contributed by atoms with Crippen LogP contribution in [-0.4, -0.2) is 18.1 Å². The third kappa shape index (κ3) is 4.58. The number of aromatic nitrogens is 1. The summed E-state index contributed by atoms with van der Waals surface area (Å²) in [5.74, 6) is 3.19. The second-order valence-electron chi connectivity index (χ2n) is 7.33. The number of hydrogen-bond donors (Lipinski definition) is 1. The number of aryl methyl sites for hydroxylation is 1. The van der Waals surface area contributed by atoms with E-state index in [0.717, 1.165) is 53.3 Å².